The molecule has 2 unspecified atom stereocenters. The summed E-state index contributed by atoms with van der Waals surface area (Å²) in [5.41, 5.74) is 0. The molecule has 5 heteroatoms. The average Bonchev–Trinajstić information content (AvgIpc) is 2.13. The van der Waals surface area contributed by atoms with Gasteiger partial charge < -0.3 is 14.7 Å². The molecule has 0 spiro atoms. The Balaban J connectivity index is 4.55. The molecule has 0 heterocycles. The smallest absolute Gasteiger partial charge is 0.326 e. The quantitative estimate of drug-likeness (QED) is 0.600. The van der Waals surface area contributed by atoms with Gasteiger partial charge in [0.2, 0.25) is 6.41 Å². The number of carboxylic acid groups (broad SMARTS) is 1. The minimum Gasteiger partial charge on any atom is -0.480 e. The molecule has 0 aromatic heterocycles. The molecule has 0 aliphatic heterocycles. The van der Waals surface area contributed by atoms with Crippen molar-refractivity contribution in [2.75, 3.05) is 20.3 Å². The first-order valence-electron chi connectivity index (χ1n) is 4.51. The molecule has 0 bridgehead atoms. The van der Waals surface area contributed by atoms with Crippen molar-refractivity contribution in [1.82, 2.24) is 4.90 Å². The van der Waals surface area contributed by atoms with E-state index in [9.17, 15) is 9.59 Å². The number of rotatable bonds is 7. The maximum absolute atomic E-state index is 10.9. The summed E-state index contributed by atoms with van der Waals surface area (Å²) in [7, 11) is 1.51. The highest BCUT2D eigenvalue weighted by Crippen LogP contribution is 2.10. The van der Waals surface area contributed by atoms with Gasteiger partial charge in [-0.3, -0.25) is 4.79 Å². The van der Waals surface area contributed by atoms with E-state index in [1.807, 2.05) is 0 Å². The predicted octanol–water partition coefficient (Wildman–Crippen LogP) is 0.200. The van der Waals surface area contributed by atoms with Crippen molar-refractivity contribution < 1.29 is 19.4 Å². The highest BCUT2D eigenvalue weighted by Gasteiger charge is 2.29. The maximum atomic E-state index is 10.9. The highest BCUT2D eigenvalue weighted by atomic mass is 16.5. The van der Waals surface area contributed by atoms with Gasteiger partial charge in [-0.25, -0.2) is 4.79 Å². The van der Waals surface area contributed by atoms with Crippen LogP contribution in [0.25, 0.3) is 0 Å². The minimum absolute atomic E-state index is 0.220. The summed E-state index contributed by atoms with van der Waals surface area (Å²) in [6, 6.07) is -0.808. The lowest BCUT2D eigenvalue weighted by atomic mass is 10.0. The van der Waals surface area contributed by atoms with Crippen LogP contribution < -0.4 is 0 Å². The number of hydrogen-bond acceptors (Lipinski definition) is 3. The second-order valence-corrected chi connectivity index (χ2v) is 3.15. The van der Waals surface area contributed by atoms with Gasteiger partial charge in [0.25, 0.3) is 0 Å². The Morgan fingerprint density at radius 3 is 2.50 bits per heavy atom. The Labute approximate surface area is 83.6 Å². The zero-order chi connectivity index (χ0) is 11.1. The zero-order valence-corrected chi connectivity index (χ0v) is 8.77. The van der Waals surface area contributed by atoms with Crippen molar-refractivity contribution in [1.29, 1.82) is 0 Å². The topological polar surface area (TPSA) is 66.8 Å². The van der Waals surface area contributed by atoms with E-state index in [-0.39, 0.29) is 5.92 Å². The van der Waals surface area contributed by atoms with Gasteiger partial charge in [-0.15, -0.1) is 0 Å². The van der Waals surface area contributed by atoms with Gasteiger partial charge in [-0.2, -0.15) is 0 Å². The summed E-state index contributed by atoms with van der Waals surface area (Å²) in [5, 5.41) is 8.95. The number of nitrogens with zero attached hydrogens (tertiary/aromatic N) is 1. The van der Waals surface area contributed by atoms with Crippen LogP contribution in [0.5, 0.6) is 0 Å². The lowest BCUT2D eigenvalue weighted by molar-refractivity contribution is -0.149. The maximum Gasteiger partial charge on any atom is 0.326 e. The molecule has 0 saturated heterocycles. The van der Waals surface area contributed by atoms with Crippen LogP contribution in [0.3, 0.4) is 0 Å². The zero-order valence-electron chi connectivity index (χ0n) is 8.77. The van der Waals surface area contributed by atoms with Crippen molar-refractivity contribution in [2.45, 2.75) is 19.9 Å². The summed E-state index contributed by atoms with van der Waals surface area (Å²) in [6.07, 6.45) is 0.560. The highest BCUT2D eigenvalue weighted by molar-refractivity contribution is 5.76. The van der Waals surface area contributed by atoms with Crippen molar-refractivity contribution >= 4 is 12.4 Å². The summed E-state index contributed by atoms with van der Waals surface area (Å²) in [5.74, 6) is -1.22. The molecule has 1 amide bonds. The number of carbonyl (C=O) groups is 2. The molecule has 0 aliphatic carbocycles. The van der Waals surface area contributed by atoms with Crippen LogP contribution in [0.4, 0.5) is 0 Å². The van der Waals surface area contributed by atoms with Gasteiger partial charge in [0.1, 0.15) is 6.04 Å². The van der Waals surface area contributed by atoms with E-state index >= 15 is 0 Å². The molecule has 0 rings (SSSR count). The van der Waals surface area contributed by atoms with Crippen molar-refractivity contribution in [3.05, 3.63) is 0 Å². The number of hydrogen-bond donors (Lipinski definition) is 1. The Morgan fingerprint density at radius 2 is 2.21 bits per heavy atom. The number of amides is 1. The Bertz CT molecular complexity index is 195. The first-order chi connectivity index (χ1) is 6.58. The first kappa shape index (κ1) is 12.9. The third-order valence-corrected chi connectivity index (χ3v) is 2.08. The van der Waals surface area contributed by atoms with Gasteiger partial charge in [-0.1, -0.05) is 6.92 Å². The van der Waals surface area contributed by atoms with Gasteiger partial charge in [0.15, 0.2) is 0 Å². The number of ether oxygens (including phenoxy) is 1. The molecular formula is C9H17NO4. The Morgan fingerprint density at radius 1 is 1.64 bits per heavy atom. The number of likely N-dealkylation sites (N-methyl/N-ethyl adjacent to an activating group) is 1. The summed E-state index contributed by atoms with van der Waals surface area (Å²) < 4.78 is 4.87. The van der Waals surface area contributed by atoms with E-state index in [0.717, 1.165) is 0 Å². The number of aliphatic carboxylic acids is 1. The number of carboxylic acids is 1. The van der Waals surface area contributed by atoms with Crippen LogP contribution in [0, 0.1) is 5.92 Å². The van der Waals surface area contributed by atoms with Gasteiger partial charge in [0.05, 0.1) is 6.61 Å². The van der Waals surface area contributed by atoms with Gasteiger partial charge >= 0.3 is 5.97 Å². The van der Waals surface area contributed by atoms with E-state index in [1.54, 1.807) is 13.8 Å². The van der Waals surface area contributed by atoms with Gasteiger partial charge in [-0.05, 0) is 6.92 Å². The summed E-state index contributed by atoms with van der Waals surface area (Å²) in [6.45, 7) is 4.19. The Kier molecular flexibility index (Phi) is 5.87. The molecule has 0 aromatic rings. The first-order valence-corrected chi connectivity index (χ1v) is 4.51. The minimum atomic E-state index is -0.997. The third kappa shape index (κ3) is 3.33. The van der Waals surface area contributed by atoms with Crippen molar-refractivity contribution in [2.24, 2.45) is 5.92 Å². The fourth-order valence-corrected chi connectivity index (χ4v) is 1.40. The van der Waals surface area contributed by atoms with Crippen LogP contribution >= 0.6 is 0 Å². The monoisotopic (exact) mass is 203 g/mol. The molecule has 1 N–H and O–H groups in total. The second-order valence-electron chi connectivity index (χ2n) is 3.15. The summed E-state index contributed by atoms with van der Waals surface area (Å²) >= 11 is 0. The SMILES string of the molecule is CCN(C=O)C(C(=O)O)C(C)COC. The van der Waals surface area contributed by atoms with E-state index in [2.05, 4.69) is 0 Å². The van der Waals surface area contributed by atoms with Crippen LogP contribution in [-0.4, -0.2) is 48.7 Å². The molecule has 0 aromatic carbocycles. The van der Waals surface area contributed by atoms with Gasteiger partial charge in [0, 0.05) is 19.6 Å². The second kappa shape index (κ2) is 6.37. The normalized spacial score (nSPS) is 14.5. The fourth-order valence-electron chi connectivity index (χ4n) is 1.40. The molecule has 0 fully saturated rings. The van der Waals surface area contributed by atoms with Crippen LogP contribution in [0.2, 0.25) is 0 Å². The standard InChI is InChI=1S/C9H17NO4/c1-4-10(6-11)8(9(12)13)7(2)5-14-3/h6-8H,4-5H2,1-3H3,(H,12,13). The summed E-state index contributed by atoms with van der Waals surface area (Å²) in [4.78, 5) is 22.8. The molecule has 0 aliphatic rings. The molecular weight excluding hydrogens is 186 g/mol. The van der Waals surface area contributed by atoms with Crippen LogP contribution in [-0.2, 0) is 14.3 Å². The molecule has 0 saturated carbocycles. The number of carbonyl (C=O) groups excluding carboxylic acids is 1. The molecule has 2 atom stereocenters. The van der Waals surface area contributed by atoms with Crippen LogP contribution in [0.15, 0.2) is 0 Å². The number of methoxy groups -OCH3 is 1. The lowest BCUT2D eigenvalue weighted by Crippen LogP contribution is -2.45. The molecule has 0 radical (unpaired) electrons. The molecule has 5 nitrogen and oxygen atoms in total. The predicted molar refractivity (Wildman–Crippen MR) is 50.9 cm³/mol. The van der Waals surface area contributed by atoms with Crippen molar-refractivity contribution in [3.8, 4) is 0 Å². The largest absolute Gasteiger partial charge is 0.480 e. The Hall–Kier alpha value is -1.10. The lowest BCUT2D eigenvalue weighted by Gasteiger charge is -2.28. The molecule has 82 valence electrons. The van der Waals surface area contributed by atoms with E-state index in [4.69, 9.17) is 9.84 Å². The molecule has 14 heavy (non-hydrogen) atoms. The van der Waals surface area contributed by atoms with E-state index in [0.29, 0.717) is 19.6 Å². The van der Waals surface area contributed by atoms with E-state index in [1.165, 1.54) is 12.0 Å². The van der Waals surface area contributed by atoms with Crippen LogP contribution in [0.1, 0.15) is 13.8 Å². The average molecular weight is 203 g/mol. The van der Waals surface area contributed by atoms with Crippen molar-refractivity contribution in [3.63, 3.8) is 0 Å². The van der Waals surface area contributed by atoms with E-state index < -0.39 is 12.0 Å². The third-order valence-electron chi connectivity index (χ3n) is 2.08. The fraction of sp³-hybridized carbons (Fsp3) is 0.778.